The molecule has 0 spiro atoms. The van der Waals surface area contributed by atoms with Gasteiger partial charge in [0.15, 0.2) is 0 Å². The molecule has 2 amide bonds. The summed E-state index contributed by atoms with van der Waals surface area (Å²) in [6.45, 7) is 5.84. The summed E-state index contributed by atoms with van der Waals surface area (Å²) < 4.78 is 25.4. The number of hydrogen-bond donors (Lipinski definition) is 1. The van der Waals surface area contributed by atoms with Crippen LogP contribution in [0.4, 0.5) is 14.0 Å². The van der Waals surface area contributed by atoms with Crippen molar-refractivity contribution in [3.63, 3.8) is 0 Å². The first-order valence-corrected chi connectivity index (χ1v) is 10.4. The summed E-state index contributed by atoms with van der Waals surface area (Å²) in [4.78, 5) is 26.6. The molecule has 3 rings (SSSR count). The van der Waals surface area contributed by atoms with Gasteiger partial charge in [0.1, 0.15) is 18.0 Å². The Hall–Kier alpha value is -3.09. The van der Waals surface area contributed by atoms with Gasteiger partial charge in [-0.1, -0.05) is 48.5 Å². The Morgan fingerprint density at radius 3 is 2.45 bits per heavy atom. The van der Waals surface area contributed by atoms with Gasteiger partial charge >= 0.3 is 12.2 Å². The van der Waals surface area contributed by atoms with Crippen molar-refractivity contribution in [3.05, 3.63) is 71.5 Å². The van der Waals surface area contributed by atoms with Gasteiger partial charge in [0, 0.05) is 18.2 Å². The van der Waals surface area contributed by atoms with E-state index in [1.165, 1.54) is 11.0 Å². The van der Waals surface area contributed by atoms with E-state index in [0.717, 1.165) is 5.56 Å². The standard InChI is InChI=1S/C24H29FN2O4/c1-24(2,3)31-22(28)26-18-13-14-27(21(15-18)19-11-7-8-12-20(19)25)23(29)30-16-17-9-5-4-6-10-17/h4-12,18,21H,13-16H2,1-3H3,(H,26,28)/t18-,21+/m1/s1. The van der Waals surface area contributed by atoms with E-state index < -0.39 is 29.6 Å². The van der Waals surface area contributed by atoms with E-state index in [2.05, 4.69) is 5.32 Å². The number of nitrogens with one attached hydrogen (secondary N) is 1. The predicted molar refractivity (Wildman–Crippen MR) is 115 cm³/mol. The van der Waals surface area contributed by atoms with Crippen LogP contribution in [0.25, 0.3) is 0 Å². The summed E-state index contributed by atoms with van der Waals surface area (Å²) in [5.41, 5.74) is 0.659. The molecule has 1 fully saturated rings. The number of likely N-dealkylation sites (tertiary alicyclic amines) is 1. The minimum Gasteiger partial charge on any atom is -0.445 e. The number of hydrogen-bond acceptors (Lipinski definition) is 4. The van der Waals surface area contributed by atoms with Gasteiger partial charge in [-0.3, -0.25) is 0 Å². The number of benzene rings is 2. The van der Waals surface area contributed by atoms with Crippen LogP contribution in [0.5, 0.6) is 0 Å². The number of piperidine rings is 1. The van der Waals surface area contributed by atoms with Crippen molar-refractivity contribution in [2.45, 2.75) is 57.9 Å². The Kier molecular flexibility index (Phi) is 7.15. The van der Waals surface area contributed by atoms with Crippen molar-refractivity contribution in [1.82, 2.24) is 10.2 Å². The zero-order valence-corrected chi connectivity index (χ0v) is 18.1. The number of alkyl carbamates (subject to hydrolysis) is 1. The number of carbonyl (C=O) groups excluding carboxylic acids is 2. The Labute approximate surface area is 182 Å². The van der Waals surface area contributed by atoms with Crippen molar-refractivity contribution in [1.29, 1.82) is 0 Å². The molecule has 1 saturated heterocycles. The fraction of sp³-hybridized carbons (Fsp3) is 0.417. The second-order valence-corrected chi connectivity index (χ2v) is 8.64. The molecule has 31 heavy (non-hydrogen) atoms. The van der Waals surface area contributed by atoms with Gasteiger partial charge in [-0.2, -0.15) is 0 Å². The maximum absolute atomic E-state index is 14.6. The van der Waals surface area contributed by atoms with E-state index in [1.807, 2.05) is 30.3 Å². The lowest BCUT2D eigenvalue weighted by molar-refractivity contribution is 0.0412. The minimum absolute atomic E-state index is 0.139. The third kappa shape index (κ3) is 6.44. The normalized spacial score (nSPS) is 18.9. The summed E-state index contributed by atoms with van der Waals surface area (Å²) in [7, 11) is 0. The first kappa shape index (κ1) is 22.6. The molecule has 0 aromatic heterocycles. The molecule has 0 bridgehead atoms. The van der Waals surface area contributed by atoms with E-state index in [-0.39, 0.29) is 12.6 Å². The number of carbonyl (C=O) groups is 2. The number of rotatable bonds is 4. The van der Waals surface area contributed by atoms with Gasteiger partial charge in [0.25, 0.3) is 0 Å². The molecular weight excluding hydrogens is 399 g/mol. The average molecular weight is 429 g/mol. The molecular formula is C24H29FN2O4. The predicted octanol–water partition coefficient (Wildman–Crippen LogP) is 5.19. The van der Waals surface area contributed by atoms with Crippen molar-refractivity contribution in [2.24, 2.45) is 0 Å². The highest BCUT2D eigenvalue weighted by Gasteiger charge is 2.36. The van der Waals surface area contributed by atoms with Crippen LogP contribution in [0, 0.1) is 5.82 Å². The molecule has 0 radical (unpaired) electrons. The molecule has 1 N–H and O–H groups in total. The van der Waals surface area contributed by atoms with Gasteiger partial charge in [-0.25, -0.2) is 14.0 Å². The molecule has 0 saturated carbocycles. The zero-order chi connectivity index (χ0) is 22.4. The maximum atomic E-state index is 14.6. The quantitative estimate of drug-likeness (QED) is 0.727. The second kappa shape index (κ2) is 9.81. The van der Waals surface area contributed by atoms with E-state index >= 15 is 0 Å². The van der Waals surface area contributed by atoms with Crippen LogP contribution in [0.1, 0.15) is 50.8 Å². The molecule has 2 atom stereocenters. The highest BCUT2D eigenvalue weighted by atomic mass is 19.1. The topological polar surface area (TPSA) is 67.9 Å². The Morgan fingerprint density at radius 2 is 1.77 bits per heavy atom. The smallest absolute Gasteiger partial charge is 0.410 e. The van der Waals surface area contributed by atoms with Crippen LogP contribution >= 0.6 is 0 Å². The fourth-order valence-electron chi connectivity index (χ4n) is 3.63. The highest BCUT2D eigenvalue weighted by molar-refractivity contribution is 5.70. The van der Waals surface area contributed by atoms with E-state index in [0.29, 0.717) is 24.9 Å². The molecule has 7 heteroatoms. The molecule has 2 aromatic carbocycles. The highest BCUT2D eigenvalue weighted by Crippen LogP contribution is 2.33. The first-order valence-electron chi connectivity index (χ1n) is 10.4. The number of ether oxygens (including phenoxy) is 2. The monoisotopic (exact) mass is 428 g/mol. The Bertz CT molecular complexity index is 898. The molecule has 0 unspecified atom stereocenters. The van der Waals surface area contributed by atoms with Crippen molar-refractivity contribution in [2.75, 3.05) is 6.54 Å². The summed E-state index contributed by atoms with van der Waals surface area (Å²) in [5.74, 6) is -0.397. The Morgan fingerprint density at radius 1 is 1.10 bits per heavy atom. The lowest BCUT2D eigenvalue weighted by Gasteiger charge is -2.39. The third-order valence-corrected chi connectivity index (χ3v) is 5.03. The van der Waals surface area contributed by atoms with Crippen LogP contribution in [-0.2, 0) is 16.1 Å². The molecule has 0 aliphatic carbocycles. The van der Waals surface area contributed by atoms with Crippen molar-refractivity contribution < 1.29 is 23.5 Å². The average Bonchev–Trinajstić information content (AvgIpc) is 2.71. The van der Waals surface area contributed by atoms with E-state index in [9.17, 15) is 14.0 Å². The number of nitrogens with zero attached hydrogens (tertiary/aromatic N) is 1. The van der Waals surface area contributed by atoms with Crippen molar-refractivity contribution >= 4 is 12.2 Å². The molecule has 166 valence electrons. The third-order valence-electron chi connectivity index (χ3n) is 5.03. The largest absolute Gasteiger partial charge is 0.445 e. The maximum Gasteiger partial charge on any atom is 0.410 e. The van der Waals surface area contributed by atoms with Crippen LogP contribution in [0.3, 0.4) is 0 Å². The summed E-state index contributed by atoms with van der Waals surface area (Å²) in [6, 6.07) is 14.9. The molecule has 1 heterocycles. The van der Waals surface area contributed by atoms with Crippen LogP contribution in [-0.4, -0.2) is 35.3 Å². The SMILES string of the molecule is CC(C)(C)OC(=O)N[C@@H]1CCN(C(=O)OCc2ccccc2)[C@H](c2ccccc2F)C1. The minimum atomic E-state index is -0.614. The fourth-order valence-corrected chi connectivity index (χ4v) is 3.63. The van der Waals surface area contributed by atoms with Gasteiger partial charge < -0.3 is 19.7 Å². The summed E-state index contributed by atoms with van der Waals surface area (Å²) in [5, 5.41) is 2.85. The van der Waals surface area contributed by atoms with Crippen LogP contribution in [0.15, 0.2) is 54.6 Å². The summed E-state index contributed by atoms with van der Waals surface area (Å²) in [6.07, 6.45) is -0.150. The zero-order valence-electron chi connectivity index (χ0n) is 18.1. The van der Waals surface area contributed by atoms with Gasteiger partial charge in [-0.15, -0.1) is 0 Å². The lowest BCUT2D eigenvalue weighted by Crippen LogP contribution is -2.49. The lowest BCUT2D eigenvalue weighted by atomic mass is 9.92. The first-order chi connectivity index (χ1) is 14.7. The van der Waals surface area contributed by atoms with Crippen molar-refractivity contribution in [3.8, 4) is 0 Å². The van der Waals surface area contributed by atoms with Gasteiger partial charge in [0.05, 0.1) is 6.04 Å². The van der Waals surface area contributed by atoms with E-state index in [4.69, 9.17) is 9.47 Å². The van der Waals surface area contributed by atoms with E-state index in [1.54, 1.807) is 39.0 Å². The number of halogens is 1. The number of amides is 2. The summed E-state index contributed by atoms with van der Waals surface area (Å²) >= 11 is 0. The molecule has 1 aliphatic heterocycles. The Balaban J connectivity index is 1.72. The molecule has 6 nitrogen and oxygen atoms in total. The van der Waals surface area contributed by atoms with Crippen LogP contribution < -0.4 is 5.32 Å². The second-order valence-electron chi connectivity index (χ2n) is 8.64. The van der Waals surface area contributed by atoms with Gasteiger partial charge in [0.2, 0.25) is 0 Å². The van der Waals surface area contributed by atoms with Gasteiger partial charge in [-0.05, 0) is 45.2 Å². The molecule has 1 aliphatic rings. The molecule has 2 aromatic rings. The van der Waals surface area contributed by atoms with Crippen LogP contribution in [0.2, 0.25) is 0 Å².